The normalized spacial score (nSPS) is 11.5. The van der Waals surface area contributed by atoms with Crippen LogP contribution in [-0.2, 0) is 0 Å². The topological polar surface area (TPSA) is 60.2 Å². The van der Waals surface area contributed by atoms with Crippen molar-refractivity contribution in [2.75, 3.05) is 0 Å². The minimum absolute atomic E-state index is 0.265. The van der Waals surface area contributed by atoms with E-state index < -0.39 is 4.92 Å². The van der Waals surface area contributed by atoms with Gasteiger partial charge in [0.2, 0.25) is 5.76 Å². The Labute approximate surface area is 124 Å². The Morgan fingerprint density at radius 2 is 2.00 bits per heavy atom. The van der Waals surface area contributed by atoms with E-state index in [1.165, 1.54) is 6.07 Å². The number of pyridine rings is 1. The summed E-state index contributed by atoms with van der Waals surface area (Å²) in [5.41, 5.74) is 0.742. The van der Waals surface area contributed by atoms with Crippen molar-refractivity contribution in [1.82, 2.24) is 0 Å². The molecule has 0 radical (unpaired) electrons. The van der Waals surface area contributed by atoms with Gasteiger partial charge in [0, 0.05) is 23.1 Å². The molecule has 3 rings (SSSR count). The van der Waals surface area contributed by atoms with E-state index in [9.17, 15) is 10.1 Å². The number of aromatic nitrogens is 1. The van der Waals surface area contributed by atoms with Crippen LogP contribution in [0.25, 0.3) is 11.8 Å². The Hall–Kier alpha value is -2.73. The molecule has 0 aliphatic heterocycles. The number of hydrogen-bond acceptors (Lipinski definition) is 4. The predicted molar refractivity (Wildman–Crippen MR) is 79.6 cm³/mol. The van der Waals surface area contributed by atoms with Crippen LogP contribution in [0.5, 0.6) is 0 Å². The van der Waals surface area contributed by atoms with Crippen LogP contribution in [0.3, 0.4) is 0 Å². The summed E-state index contributed by atoms with van der Waals surface area (Å²) >= 11 is 1.59. The Balaban J connectivity index is 2.10. The maximum atomic E-state index is 10.8. The highest BCUT2D eigenvalue weighted by atomic mass is 32.1. The second-order valence-corrected chi connectivity index (χ2v) is 5.20. The first kappa shape index (κ1) is 13.3. The second kappa shape index (κ2) is 5.72. The Kier molecular flexibility index (Phi) is 3.61. The van der Waals surface area contributed by atoms with Crippen molar-refractivity contribution in [3.8, 4) is 0 Å². The third-order valence-corrected chi connectivity index (χ3v) is 3.66. The number of rotatable bonds is 4. The van der Waals surface area contributed by atoms with Crippen LogP contribution in [0.1, 0.15) is 10.6 Å². The molecule has 6 heteroatoms. The number of nitro groups is 1. The van der Waals surface area contributed by atoms with Crippen LogP contribution in [0.4, 0.5) is 5.88 Å². The average Bonchev–Trinajstić information content (AvgIpc) is 3.17. The van der Waals surface area contributed by atoms with E-state index in [1.807, 2.05) is 58.7 Å². The Morgan fingerprint density at radius 3 is 2.62 bits per heavy atom. The monoisotopic (exact) mass is 299 g/mol. The van der Waals surface area contributed by atoms with Gasteiger partial charge in [0.05, 0.1) is 6.07 Å². The van der Waals surface area contributed by atoms with Gasteiger partial charge in [0.1, 0.15) is 4.92 Å². The Morgan fingerprint density at radius 1 is 1.19 bits per heavy atom. The van der Waals surface area contributed by atoms with E-state index in [2.05, 4.69) is 0 Å². The first-order valence-electron chi connectivity index (χ1n) is 6.20. The molecule has 0 aromatic carbocycles. The molecule has 0 fully saturated rings. The van der Waals surface area contributed by atoms with Crippen LogP contribution in [-0.4, -0.2) is 4.92 Å². The van der Waals surface area contributed by atoms with Crippen LogP contribution >= 0.6 is 11.3 Å². The molecule has 0 saturated heterocycles. The molecule has 3 heterocycles. The zero-order valence-electron chi connectivity index (χ0n) is 10.9. The summed E-state index contributed by atoms with van der Waals surface area (Å²) in [5, 5.41) is 12.8. The summed E-state index contributed by atoms with van der Waals surface area (Å²) in [4.78, 5) is 11.3. The van der Waals surface area contributed by atoms with E-state index in [1.54, 1.807) is 17.4 Å². The lowest BCUT2D eigenvalue weighted by Crippen LogP contribution is -2.31. The molecule has 0 amide bonds. The molecule has 0 N–H and O–H groups in total. The maximum absolute atomic E-state index is 10.8. The summed E-state index contributed by atoms with van der Waals surface area (Å²) in [6, 6.07) is 12.6. The van der Waals surface area contributed by atoms with Gasteiger partial charge >= 0.3 is 5.88 Å². The molecular formula is C15H11N2O3S+. The number of furan rings is 1. The molecule has 5 nitrogen and oxygen atoms in total. The molecule has 0 aliphatic rings. The summed E-state index contributed by atoms with van der Waals surface area (Å²) in [7, 11) is 0. The summed E-state index contributed by atoms with van der Waals surface area (Å²) in [5.74, 6) is 0.185. The van der Waals surface area contributed by atoms with E-state index >= 15 is 0 Å². The third-order valence-electron chi connectivity index (χ3n) is 2.84. The van der Waals surface area contributed by atoms with Gasteiger partial charge in [-0.1, -0.05) is 12.1 Å². The van der Waals surface area contributed by atoms with E-state index in [4.69, 9.17) is 4.42 Å². The molecule has 3 aromatic heterocycles. The van der Waals surface area contributed by atoms with Gasteiger partial charge in [-0.2, -0.15) is 4.57 Å². The summed E-state index contributed by atoms with van der Waals surface area (Å²) in [6.07, 6.45) is 5.68. The standard InChI is InChI=1S/C15H11N2O3S/c18-17(19)15-7-6-14(20-15)13(11-12-5-4-10-21-12)16-8-2-1-3-9-16/h1-11H/q+1. The highest BCUT2D eigenvalue weighted by Gasteiger charge is 2.21. The van der Waals surface area contributed by atoms with Gasteiger partial charge in [-0.15, -0.1) is 11.3 Å². The molecular weight excluding hydrogens is 288 g/mol. The zero-order valence-corrected chi connectivity index (χ0v) is 11.7. The van der Waals surface area contributed by atoms with Crippen LogP contribution in [0, 0.1) is 10.1 Å². The van der Waals surface area contributed by atoms with Crippen molar-refractivity contribution in [2.45, 2.75) is 0 Å². The van der Waals surface area contributed by atoms with Crippen LogP contribution in [0.2, 0.25) is 0 Å². The molecule has 0 spiro atoms. The van der Waals surface area contributed by atoms with Crippen LogP contribution in [0.15, 0.2) is 64.7 Å². The molecule has 0 unspecified atom stereocenters. The highest BCUT2D eigenvalue weighted by molar-refractivity contribution is 7.10. The minimum Gasteiger partial charge on any atom is -0.394 e. The molecule has 0 atom stereocenters. The van der Waals surface area contributed by atoms with Gasteiger partial charge in [0.25, 0.3) is 5.70 Å². The smallest absolute Gasteiger partial charge is 0.394 e. The van der Waals surface area contributed by atoms with E-state index in [0.717, 1.165) is 10.6 Å². The van der Waals surface area contributed by atoms with Gasteiger partial charge in [-0.3, -0.25) is 10.1 Å². The lowest BCUT2D eigenvalue weighted by Gasteiger charge is -1.97. The predicted octanol–water partition coefficient (Wildman–Crippen LogP) is 3.58. The van der Waals surface area contributed by atoms with E-state index in [-0.39, 0.29) is 5.88 Å². The number of thiophene rings is 1. The van der Waals surface area contributed by atoms with Crippen molar-refractivity contribution in [2.24, 2.45) is 0 Å². The largest absolute Gasteiger partial charge is 0.433 e. The van der Waals surface area contributed by atoms with Gasteiger partial charge in [-0.05, 0) is 17.5 Å². The van der Waals surface area contributed by atoms with Crippen LogP contribution < -0.4 is 4.57 Å². The summed E-state index contributed by atoms with van der Waals surface area (Å²) < 4.78 is 7.19. The zero-order chi connectivity index (χ0) is 14.7. The quantitative estimate of drug-likeness (QED) is 0.420. The molecule has 0 bridgehead atoms. The van der Waals surface area contributed by atoms with Crippen molar-refractivity contribution in [3.05, 3.63) is 81.0 Å². The fourth-order valence-corrected chi connectivity index (χ4v) is 2.55. The average molecular weight is 299 g/mol. The van der Waals surface area contributed by atoms with Crippen molar-refractivity contribution < 1.29 is 13.9 Å². The lowest BCUT2D eigenvalue weighted by atomic mass is 10.2. The molecule has 104 valence electrons. The van der Waals surface area contributed by atoms with Crippen molar-refractivity contribution in [1.29, 1.82) is 0 Å². The molecule has 3 aromatic rings. The van der Waals surface area contributed by atoms with Crippen molar-refractivity contribution in [3.63, 3.8) is 0 Å². The highest BCUT2D eigenvalue weighted by Crippen LogP contribution is 2.23. The number of nitrogens with zero attached hydrogens (tertiary/aromatic N) is 2. The molecule has 21 heavy (non-hydrogen) atoms. The van der Waals surface area contributed by atoms with Gasteiger partial charge < -0.3 is 4.42 Å². The third kappa shape index (κ3) is 2.90. The Bertz CT molecular complexity index is 776. The second-order valence-electron chi connectivity index (χ2n) is 4.22. The van der Waals surface area contributed by atoms with Crippen molar-refractivity contribution >= 4 is 29.0 Å². The fraction of sp³-hybridized carbons (Fsp3) is 0. The van der Waals surface area contributed by atoms with Gasteiger partial charge in [-0.25, -0.2) is 0 Å². The van der Waals surface area contributed by atoms with E-state index in [0.29, 0.717) is 5.76 Å². The first-order chi connectivity index (χ1) is 10.2. The summed E-state index contributed by atoms with van der Waals surface area (Å²) in [6.45, 7) is 0. The first-order valence-corrected chi connectivity index (χ1v) is 7.08. The molecule has 0 aliphatic carbocycles. The molecule has 0 saturated carbocycles. The number of hydrogen-bond donors (Lipinski definition) is 0. The maximum Gasteiger partial charge on any atom is 0.433 e. The fourth-order valence-electron chi connectivity index (χ4n) is 1.90. The van der Waals surface area contributed by atoms with Gasteiger partial charge in [0.15, 0.2) is 12.4 Å². The SMILES string of the molecule is O=[N+]([O-])c1ccc(C(=Cc2cccs2)[n+]2ccccc2)o1. The lowest BCUT2D eigenvalue weighted by molar-refractivity contribution is -0.579. The minimum atomic E-state index is -0.540.